The molecule has 0 saturated heterocycles. The molecule has 4 aromatic rings. The van der Waals surface area contributed by atoms with Gasteiger partial charge >= 0.3 is 0 Å². The molecule has 202 valence electrons. The molecular formula is C31H31NO6S. The zero-order valence-electron chi connectivity index (χ0n) is 21.9. The molecule has 2 N–H and O–H groups in total. The maximum atomic E-state index is 13.5. The molecule has 0 atom stereocenters. The van der Waals surface area contributed by atoms with Gasteiger partial charge in [-0.2, -0.15) is 0 Å². The average molecular weight is 546 g/mol. The summed E-state index contributed by atoms with van der Waals surface area (Å²) in [6.07, 6.45) is 1.38. The van der Waals surface area contributed by atoms with Crippen LogP contribution in [0.15, 0.2) is 95.9 Å². The minimum atomic E-state index is -3.76. The van der Waals surface area contributed by atoms with Gasteiger partial charge in [0.15, 0.2) is 9.84 Å². The standard InChI is InChI=1S/C31H31NO6S/c1-37-26-12-6-11-25(19-26)31(34)32-17-7-10-22-8-5-9-23(18-22)21-39(35,36)30-20-24(15-16-29(30)38-2)27-13-3-4-14-28(27)33/h3-6,8-9,11-16,18-20,33H,7,10,17,21H2,1-2H3,(H,32,34). The maximum absolute atomic E-state index is 13.5. The number of para-hydroxylation sites is 1. The van der Waals surface area contributed by atoms with Crippen molar-refractivity contribution in [3.8, 4) is 28.4 Å². The Labute approximate surface area is 229 Å². The molecule has 0 fully saturated rings. The first kappa shape index (κ1) is 27.7. The van der Waals surface area contributed by atoms with E-state index < -0.39 is 9.84 Å². The minimum Gasteiger partial charge on any atom is -0.507 e. The Balaban J connectivity index is 1.42. The van der Waals surface area contributed by atoms with Crippen molar-refractivity contribution in [3.05, 3.63) is 108 Å². The smallest absolute Gasteiger partial charge is 0.251 e. The van der Waals surface area contributed by atoms with Crippen LogP contribution in [0, 0.1) is 0 Å². The van der Waals surface area contributed by atoms with Crippen molar-refractivity contribution in [1.29, 1.82) is 0 Å². The fraction of sp³-hybridized carbons (Fsp3) is 0.194. The van der Waals surface area contributed by atoms with Gasteiger partial charge in [-0.1, -0.05) is 54.6 Å². The number of amides is 1. The van der Waals surface area contributed by atoms with E-state index in [1.165, 1.54) is 13.2 Å². The molecule has 4 rings (SSSR count). The van der Waals surface area contributed by atoms with Gasteiger partial charge in [0, 0.05) is 17.7 Å². The lowest BCUT2D eigenvalue weighted by atomic mass is 10.0. The Morgan fingerprint density at radius 3 is 2.38 bits per heavy atom. The van der Waals surface area contributed by atoms with E-state index in [0.717, 1.165) is 5.56 Å². The highest BCUT2D eigenvalue weighted by Crippen LogP contribution is 2.35. The first-order valence-electron chi connectivity index (χ1n) is 12.5. The van der Waals surface area contributed by atoms with E-state index in [1.807, 2.05) is 18.2 Å². The van der Waals surface area contributed by atoms with Gasteiger partial charge in [0.05, 0.1) is 20.0 Å². The van der Waals surface area contributed by atoms with Crippen LogP contribution in [0.5, 0.6) is 17.2 Å². The molecule has 0 radical (unpaired) electrons. The van der Waals surface area contributed by atoms with Crippen LogP contribution in [0.2, 0.25) is 0 Å². The van der Waals surface area contributed by atoms with E-state index >= 15 is 0 Å². The third-order valence-electron chi connectivity index (χ3n) is 6.32. The van der Waals surface area contributed by atoms with Crippen LogP contribution in [-0.4, -0.2) is 40.2 Å². The Kier molecular flexibility index (Phi) is 8.88. The molecule has 0 aromatic heterocycles. The summed E-state index contributed by atoms with van der Waals surface area (Å²) in [6.45, 7) is 0.481. The Bertz CT molecular complexity index is 1570. The number of phenolic OH excluding ortho intramolecular Hbond substituents is 1. The van der Waals surface area contributed by atoms with Gasteiger partial charge in [-0.05, 0) is 65.9 Å². The van der Waals surface area contributed by atoms with Crippen molar-refractivity contribution in [1.82, 2.24) is 5.32 Å². The van der Waals surface area contributed by atoms with Crippen LogP contribution in [0.4, 0.5) is 0 Å². The lowest BCUT2D eigenvalue weighted by molar-refractivity contribution is 0.0953. The lowest BCUT2D eigenvalue weighted by Gasteiger charge is -2.13. The summed E-state index contributed by atoms with van der Waals surface area (Å²) in [6, 6.07) is 26.1. The van der Waals surface area contributed by atoms with Crippen molar-refractivity contribution < 1.29 is 27.8 Å². The monoisotopic (exact) mass is 545 g/mol. The number of benzene rings is 4. The van der Waals surface area contributed by atoms with Crippen LogP contribution >= 0.6 is 0 Å². The third kappa shape index (κ3) is 6.97. The van der Waals surface area contributed by atoms with Crippen molar-refractivity contribution in [2.45, 2.75) is 23.5 Å². The molecule has 0 aliphatic carbocycles. The van der Waals surface area contributed by atoms with Gasteiger partial charge in [0.25, 0.3) is 5.91 Å². The molecule has 0 heterocycles. The molecule has 0 spiro atoms. The van der Waals surface area contributed by atoms with E-state index in [9.17, 15) is 18.3 Å². The summed E-state index contributed by atoms with van der Waals surface area (Å²) in [5.41, 5.74) is 3.29. The second-order valence-electron chi connectivity index (χ2n) is 9.05. The number of aryl methyl sites for hydroxylation is 1. The summed E-state index contributed by atoms with van der Waals surface area (Å²) in [7, 11) is -0.775. The number of phenols is 1. The Morgan fingerprint density at radius 2 is 1.62 bits per heavy atom. The third-order valence-corrected chi connectivity index (χ3v) is 8.02. The minimum absolute atomic E-state index is 0.0661. The van der Waals surface area contributed by atoms with Crippen molar-refractivity contribution >= 4 is 15.7 Å². The van der Waals surface area contributed by atoms with E-state index in [4.69, 9.17) is 9.47 Å². The van der Waals surface area contributed by atoms with Gasteiger partial charge in [-0.15, -0.1) is 0 Å². The van der Waals surface area contributed by atoms with Crippen molar-refractivity contribution in [2.24, 2.45) is 0 Å². The van der Waals surface area contributed by atoms with Crippen LogP contribution in [-0.2, 0) is 22.0 Å². The Morgan fingerprint density at radius 1 is 0.846 bits per heavy atom. The largest absolute Gasteiger partial charge is 0.507 e. The van der Waals surface area contributed by atoms with Crippen LogP contribution in [0.25, 0.3) is 11.1 Å². The van der Waals surface area contributed by atoms with Crippen LogP contribution < -0.4 is 14.8 Å². The highest BCUT2D eigenvalue weighted by molar-refractivity contribution is 7.90. The topological polar surface area (TPSA) is 102 Å². The molecule has 0 saturated carbocycles. The zero-order chi connectivity index (χ0) is 27.8. The predicted octanol–water partition coefficient (Wildman–Crippen LogP) is 5.41. The summed E-state index contributed by atoms with van der Waals surface area (Å²) < 4.78 is 37.5. The number of sulfone groups is 1. The van der Waals surface area contributed by atoms with E-state index in [-0.39, 0.29) is 28.1 Å². The molecule has 0 aliphatic rings. The van der Waals surface area contributed by atoms with E-state index in [2.05, 4.69) is 5.32 Å². The van der Waals surface area contributed by atoms with Gasteiger partial charge < -0.3 is 19.9 Å². The van der Waals surface area contributed by atoms with Gasteiger partial charge in [-0.3, -0.25) is 4.79 Å². The second kappa shape index (κ2) is 12.5. The number of nitrogens with one attached hydrogen (secondary N) is 1. The molecule has 1 amide bonds. The number of carbonyl (C=O) groups excluding carboxylic acids is 1. The quantitative estimate of drug-likeness (QED) is 0.244. The van der Waals surface area contributed by atoms with Crippen molar-refractivity contribution in [3.63, 3.8) is 0 Å². The fourth-order valence-corrected chi connectivity index (χ4v) is 5.88. The van der Waals surface area contributed by atoms with Crippen molar-refractivity contribution in [2.75, 3.05) is 20.8 Å². The van der Waals surface area contributed by atoms with E-state index in [0.29, 0.717) is 47.4 Å². The summed E-state index contributed by atoms with van der Waals surface area (Å²) in [4.78, 5) is 12.5. The Hall–Kier alpha value is -4.30. The molecule has 4 aromatic carbocycles. The first-order valence-corrected chi connectivity index (χ1v) is 14.1. The number of aromatic hydroxyl groups is 1. The highest BCUT2D eigenvalue weighted by atomic mass is 32.2. The first-order chi connectivity index (χ1) is 18.8. The molecule has 0 unspecified atom stereocenters. The molecule has 7 nitrogen and oxygen atoms in total. The predicted molar refractivity (Wildman–Crippen MR) is 151 cm³/mol. The second-order valence-corrected chi connectivity index (χ2v) is 11.0. The van der Waals surface area contributed by atoms with Gasteiger partial charge in [0.1, 0.15) is 22.1 Å². The SMILES string of the molecule is COc1cccc(C(=O)NCCCc2cccc(CS(=O)(=O)c3cc(-c4ccccc4O)ccc3OC)c2)c1. The summed E-state index contributed by atoms with van der Waals surface area (Å²) in [5.74, 6) is 0.565. The highest BCUT2D eigenvalue weighted by Gasteiger charge is 2.22. The normalized spacial score (nSPS) is 11.1. The molecule has 0 aliphatic heterocycles. The number of hydrogen-bond acceptors (Lipinski definition) is 6. The molecule has 39 heavy (non-hydrogen) atoms. The van der Waals surface area contributed by atoms with Crippen LogP contribution in [0.1, 0.15) is 27.9 Å². The van der Waals surface area contributed by atoms with Gasteiger partial charge in [-0.25, -0.2) is 8.42 Å². The van der Waals surface area contributed by atoms with E-state index in [1.54, 1.807) is 73.8 Å². The molecular weight excluding hydrogens is 514 g/mol. The number of rotatable bonds is 11. The number of ether oxygens (including phenoxy) is 2. The fourth-order valence-electron chi connectivity index (χ4n) is 4.34. The summed E-state index contributed by atoms with van der Waals surface area (Å²) >= 11 is 0. The van der Waals surface area contributed by atoms with Crippen LogP contribution in [0.3, 0.4) is 0 Å². The molecule has 0 bridgehead atoms. The maximum Gasteiger partial charge on any atom is 0.251 e. The summed E-state index contributed by atoms with van der Waals surface area (Å²) in [5, 5.41) is 13.1. The average Bonchev–Trinajstić information content (AvgIpc) is 2.95. The number of methoxy groups -OCH3 is 2. The molecule has 8 heteroatoms. The number of carbonyl (C=O) groups is 1. The number of hydrogen-bond donors (Lipinski definition) is 2. The zero-order valence-corrected chi connectivity index (χ0v) is 22.7. The lowest BCUT2D eigenvalue weighted by Crippen LogP contribution is -2.24. The van der Waals surface area contributed by atoms with Gasteiger partial charge in [0.2, 0.25) is 0 Å².